The van der Waals surface area contributed by atoms with Crippen LogP contribution < -0.4 is 5.73 Å². The van der Waals surface area contributed by atoms with E-state index in [9.17, 15) is 4.79 Å². The molecule has 0 fully saturated rings. The van der Waals surface area contributed by atoms with Crippen LogP contribution in [0.3, 0.4) is 0 Å². The fourth-order valence-corrected chi connectivity index (χ4v) is 4.14. The monoisotopic (exact) mass is 485 g/mol. The summed E-state index contributed by atoms with van der Waals surface area (Å²) in [6.07, 6.45) is -0.111. The fraction of sp³-hybridized carbons (Fsp3) is 0.364. The predicted molar refractivity (Wildman–Crippen MR) is 120 cm³/mol. The van der Waals surface area contributed by atoms with E-state index >= 15 is 0 Å². The van der Waals surface area contributed by atoms with Gasteiger partial charge in [0.05, 0.1) is 43.1 Å². The summed E-state index contributed by atoms with van der Waals surface area (Å²) in [6.45, 7) is 5.08. The summed E-state index contributed by atoms with van der Waals surface area (Å²) in [4.78, 5) is 19.8. The Hall–Kier alpha value is -2.62. The van der Waals surface area contributed by atoms with E-state index in [0.717, 1.165) is 22.0 Å². The van der Waals surface area contributed by atoms with E-state index in [1.54, 1.807) is 18.1 Å². The number of hydrogen-bond donors (Lipinski definition) is 1. The minimum Gasteiger partial charge on any atom is -0.383 e. The number of carbonyl (C=O) groups excluding carboxylic acids is 1. The number of nitrogens with zero attached hydrogens (tertiary/aromatic N) is 4. The molecule has 0 spiro atoms. The lowest BCUT2D eigenvalue weighted by molar-refractivity contribution is 0.0538. The van der Waals surface area contributed by atoms with Crippen LogP contribution in [-0.4, -0.2) is 45.7 Å². The molecule has 0 bridgehead atoms. The molecule has 1 amide bonds. The number of anilines is 1. The molecule has 31 heavy (non-hydrogen) atoms. The number of ether oxygens (including phenoxy) is 2. The zero-order chi connectivity index (χ0) is 22.1. The summed E-state index contributed by atoms with van der Waals surface area (Å²) in [6, 6.07) is 8.99. The molecule has 9 heteroatoms. The van der Waals surface area contributed by atoms with Crippen LogP contribution in [-0.2, 0) is 22.6 Å². The summed E-state index contributed by atoms with van der Waals surface area (Å²) >= 11 is 3.29. The average Bonchev–Trinajstić information content (AvgIpc) is 3.15. The Labute approximate surface area is 188 Å². The van der Waals surface area contributed by atoms with Crippen molar-refractivity contribution in [3.8, 4) is 0 Å². The Morgan fingerprint density at radius 3 is 2.87 bits per heavy atom. The van der Waals surface area contributed by atoms with Gasteiger partial charge in [0.15, 0.2) is 0 Å². The van der Waals surface area contributed by atoms with Crippen LogP contribution in [0.1, 0.15) is 47.1 Å². The van der Waals surface area contributed by atoms with Crippen LogP contribution in [0.15, 0.2) is 34.9 Å². The van der Waals surface area contributed by atoms with Crippen LogP contribution in [0.25, 0.3) is 10.9 Å². The highest BCUT2D eigenvalue weighted by Gasteiger charge is 2.27. The van der Waals surface area contributed by atoms with Crippen LogP contribution in [0.2, 0.25) is 0 Å². The summed E-state index contributed by atoms with van der Waals surface area (Å²) in [5.41, 5.74) is 10.1. The smallest absolute Gasteiger partial charge is 0.254 e. The molecule has 3 heterocycles. The third kappa shape index (κ3) is 4.26. The summed E-state index contributed by atoms with van der Waals surface area (Å²) < 4.78 is 11.7. The van der Waals surface area contributed by atoms with Crippen molar-refractivity contribution in [1.82, 2.24) is 20.1 Å². The minimum absolute atomic E-state index is 0.111. The first kappa shape index (κ1) is 21.6. The Kier molecular flexibility index (Phi) is 6.17. The number of benzene rings is 1. The summed E-state index contributed by atoms with van der Waals surface area (Å²) in [5.74, 6) is 0.365. The van der Waals surface area contributed by atoms with Gasteiger partial charge in [0, 0.05) is 23.6 Å². The topological polar surface area (TPSA) is 103 Å². The molecule has 4 rings (SSSR count). The van der Waals surface area contributed by atoms with Gasteiger partial charge in [0.1, 0.15) is 10.4 Å². The van der Waals surface area contributed by atoms with E-state index in [0.29, 0.717) is 41.4 Å². The highest BCUT2D eigenvalue weighted by atomic mass is 79.9. The van der Waals surface area contributed by atoms with Crippen LogP contribution in [0, 0.1) is 0 Å². The molecule has 3 aromatic rings. The number of aromatic nitrogens is 3. The van der Waals surface area contributed by atoms with E-state index in [-0.39, 0.29) is 18.1 Å². The van der Waals surface area contributed by atoms with Crippen molar-refractivity contribution in [3.05, 3.63) is 57.3 Å². The SMILES string of the molecule is COCC(C)N(Cc1ccc(Br)nn1)C(=O)c1ccc2nc(N)c3c(c2c1)CO[C@@H]3C. The molecule has 0 saturated carbocycles. The number of carbonyl (C=O) groups is 1. The van der Waals surface area contributed by atoms with Crippen molar-refractivity contribution in [2.75, 3.05) is 19.5 Å². The van der Waals surface area contributed by atoms with Crippen molar-refractivity contribution < 1.29 is 14.3 Å². The quantitative estimate of drug-likeness (QED) is 0.568. The number of rotatable bonds is 6. The first-order valence-electron chi connectivity index (χ1n) is 10.0. The first-order valence-corrected chi connectivity index (χ1v) is 10.8. The highest BCUT2D eigenvalue weighted by Crippen LogP contribution is 2.38. The van der Waals surface area contributed by atoms with Crippen LogP contribution in [0.5, 0.6) is 0 Å². The van der Waals surface area contributed by atoms with Crippen molar-refractivity contribution in [1.29, 1.82) is 0 Å². The first-order chi connectivity index (χ1) is 14.9. The Bertz CT molecular complexity index is 1120. The van der Waals surface area contributed by atoms with E-state index < -0.39 is 0 Å². The molecule has 2 aromatic heterocycles. The maximum atomic E-state index is 13.5. The lowest BCUT2D eigenvalue weighted by atomic mass is 10.00. The molecule has 1 aromatic carbocycles. The summed E-state index contributed by atoms with van der Waals surface area (Å²) in [7, 11) is 1.62. The molecule has 0 aliphatic carbocycles. The lowest BCUT2D eigenvalue weighted by Crippen LogP contribution is -2.40. The van der Waals surface area contributed by atoms with Crippen LogP contribution in [0.4, 0.5) is 5.82 Å². The van der Waals surface area contributed by atoms with Gasteiger partial charge in [-0.15, -0.1) is 5.10 Å². The largest absolute Gasteiger partial charge is 0.383 e. The molecule has 8 nitrogen and oxygen atoms in total. The number of pyridine rings is 1. The van der Waals surface area contributed by atoms with E-state index in [2.05, 4.69) is 31.1 Å². The average molecular weight is 486 g/mol. The lowest BCUT2D eigenvalue weighted by Gasteiger charge is -2.28. The van der Waals surface area contributed by atoms with Gasteiger partial charge in [-0.1, -0.05) is 0 Å². The van der Waals surface area contributed by atoms with Gasteiger partial charge in [-0.05, 0) is 65.7 Å². The van der Waals surface area contributed by atoms with Gasteiger partial charge in [-0.2, -0.15) is 5.10 Å². The van der Waals surface area contributed by atoms with Crippen molar-refractivity contribution in [2.45, 2.75) is 39.1 Å². The van der Waals surface area contributed by atoms with Gasteiger partial charge in [0.2, 0.25) is 0 Å². The van der Waals surface area contributed by atoms with E-state index in [4.69, 9.17) is 15.2 Å². The standard InChI is InChI=1S/C22H24BrN5O3/c1-12(10-30-3)28(9-15-5-7-19(23)27-26-15)22(29)14-4-6-18-16(8-14)17-11-31-13(2)20(17)21(24)25-18/h4-8,12-13H,9-11H2,1-3H3,(H2,24,25)/t12?,13-/m1/s1. The van der Waals surface area contributed by atoms with Crippen molar-refractivity contribution in [2.24, 2.45) is 0 Å². The molecule has 1 unspecified atom stereocenters. The van der Waals surface area contributed by atoms with Crippen molar-refractivity contribution >= 4 is 38.6 Å². The molecule has 1 aliphatic heterocycles. The van der Waals surface area contributed by atoms with Gasteiger partial charge in [0.25, 0.3) is 5.91 Å². The molecule has 1 aliphatic rings. The predicted octanol–water partition coefficient (Wildman–Crippen LogP) is 3.64. The third-order valence-electron chi connectivity index (χ3n) is 5.52. The van der Waals surface area contributed by atoms with E-state index in [1.807, 2.05) is 38.1 Å². The fourth-order valence-electron chi connectivity index (χ4n) is 3.93. The third-order valence-corrected chi connectivity index (χ3v) is 5.94. The van der Waals surface area contributed by atoms with Gasteiger partial charge in [-0.3, -0.25) is 4.79 Å². The number of methoxy groups -OCH3 is 1. The number of nitrogens with two attached hydrogens (primary N) is 1. The number of nitrogen functional groups attached to an aromatic ring is 1. The second-order valence-electron chi connectivity index (χ2n) is 7.66. The van der Waals surface area contributed by atoms with Crippen molar-refractivity contribution in [3.63, 3.8) is 0 Å². The molecule has 0 saturated heterocycles. The minimum atomic E-state index is -0.155. The van der Waals surface area contributed by atoms with Gasteiger partial charge < -0.3 is 20.1 Å². The molecule has 162 valence electrons. The zero-order valence-electron chi connectivity index (χ0n) is 17.6. The number of hydrogen-bond acceptors (Lipinski definition) is 7. The molecular weight excluding hydrogens is 462 g/mol. The maximum Gasteiger partial charge on any atom is 0.254 e. The Morgan fingerprint density at radius 2 is 2.16 bits per heavy atom. The molecular formula is C22H24BrN5O3. The number of fused-ring (bicyclic) bond motifs is 3. The van der Waals surface area contributed by atoms with E-state index in [1.165, 1.54) is 0 Å². The normalized spacial score (nSPS) is 16.3. The Balaban J connectivity index is 1.72. The second kappa shape index (κ2) is 8.86. The second-order valence-corrected chi connectivity index (χ2v) is 8.47. The summed E-state index contributed by atoms with van der Waals surface area (Å²) in [5, 5.41) is 9.10. The van der Waals surface area contributed by atoms with Gasteiger partial charge >= 0.3 is 0 Å². The molecule has 2 N–H and O–H groups in total. The zero-order valence-corrected chi connectivity index (χ0v) is 19.2. The van der Waals surface area contributed by atoms with Gasteiger partial charge in [-0.25, -0.2) is 4.98 Å². The molecule has 0 radical (unpaired) electrons. The Morgan fingerprint density at radius 1 is 1.35 bits per heavy atom. The van der Waals surface area contributed by atoms with Crippen LogP contribution >= 0.6 is 15.9 Å². The highest BCUT2D eigenvalue weighted by molar-refractivity contribution is 9.10. The molecule has 2 atom stereocenters. The number of amides is 1. The maximum absolute atomic E-state index is 13.5. The number of halogens is 1.